The molecular weight excluding hydrogens is 241 g/mol. The lowest BCUT2D eigenvalue weighted by Gasteiger charge is -2.07. The van der Waals surface area contributed by atoms with Crippen molar-refractivity contribution >= 4 is 17.3 Å². The summed E-state index contributed by atoms with van der Waals surface area (Å²) in [5.74, 6) is 0.164. The summed E-state index contributed by atoms with van der Waals surface area (Å²) < 4.78 is 18.3. The van der Waals surface area contributed by atoms with E-state index in [9.17, 15) is 4.39 Å². The van der Waals surface area contributed by atoms with Crippen molar-refractivity contribution in [1.82, 2.24) is 0 Å². The molecule has 2 aromatic carbocycles. The fraction of sp³-hybridized carbons (Fsp3) is 0.0769. The van der Waals surface area contributed by atoms with Crippen LogP contribution in [0.2, 0.25) is 5.02 Å². The predicted octanol–water partition coefficient (Wildman–Crippen LogP) is 3.64. The maximum Gasteiger partial charge on any atom is 0.126 e. The summed E-state index contributed by atoms with van der Waals surface area (Å²) in [6.07, 6.45) is 0. The van der Waals surface area contributed by atoms with Crippen molar-refractivity contribution in [2.24, 2.45) is 0 Å². The Kier molecular flexibility index (Phi) is 3.49. The van der Waals surface area contributed by atoms with Crippen LogP contribution >= 0.6 is 11.6 Å². The Bertz CT molecular complexity index is 531. The third-order valence-corrected chi connectivity index (χ3v) is 2.61. The van der Waals surface area contributed by atoms with Crippen molar-refractivity contribution < 1.29 is 9.13 Å². The highest BCUT2D eigenvalue weighted by Crippen LogP contribution is 2.21. The largest absolute Gasteiger partial charge is 0.489 e. The lowest BCUT2D eigenvalue weighted by atomic mass is 10.2. The van der Waals surface area contributed by atoms with E-state index in [0.717, 1.165) is 5.56 Å². The van der Waals surface area contributed by atoms with Gasteiger partial charge in [-0.05, 0) is 29.8 Å². The zero-order valence-corrected chi connectivity index (χ0v) is 9.75. The molecule has 4 heteroatoms. The first-order chi connectivity index (χ1) is 8.15. The summed E-state index contributed by atoms with van der Waals surface area (Å²) in [7, 11) is 0. The number of nitrogen functional groups attached to an aromatic ring is 1. The van der Waals surface area contributed by atoms with Gasteiger partial charge in [-0.1, -0.05) is 23.7 Å². The van der Waals surface area contributed by atoms with Crippen molar-refractivity contribution in [1.29, 1.82) is 0 Å². The number of rotatable bonds is 3. The Morgan fingerprint density at radius 3 is 2.71 bits per heavy atom. The Morgan fingerprint density at radius 2 is 2.00 bits per heavy atom. The maximum absolute atomic E-state index is 12.9. The van der Waals surface area contributed by atoms with Crippen molar-refractivity contribution in [2.45, 2.75) is 6.61 Å². The van der Waals surface area contributed by atoms with Crippen LogP contribution in [0.5, 0.6) is 5.75 Å². The average molecular weight is 252 g/mol. The Balaban J connectivity index is 2.05. The van der Waals surface area contributed by atoms with Crippen LogP contribution < -0.4 is 10.5 Å². The molecule has 0 radical (unpaired) electrons. The van der Waals surface area contributed by atoms with E-state index in [0.29, 0.717) is 23.1 Å². The molecule has 2 N–H and O–H groups in total. The van der Waals surface area contributed by atoms with E-state index in [4.69, 9.17) is 22.1 Å². The molecule has 0 saturated heterocycles. The smallest absolute Gasteiger partial charge is 0.126 e. The number of ether oxygens (including phenoxy) is 1. The molecule has 0 aromatic heterocycles. The Labute approximate surface area is 104 Å². The lowest BCUT2D eigenvalue weighted by molar-refractivity contribution is 0.304. The highest BCUT2D eigenvalue weighted by Gasteiger charge is 2.00. The standard InChI is InChI=1S/C13H11ClFNO/c14-12-5-4-9(6-13(12)16)8-17-11-3-1-2-10(15)7-11/h1-7H,8,16H2. The highest BCUT2D eigenvalue weighted by atomic mass is 35.5. The summed E-state index contributed by atoms with van der Waals surface area (Å²) >= 11 is 5.80. The van der Waals surface area contributed by atoms with Gasteiger partial charge in [0.2, 0.25) is 0 Å². The lowest BCUT2D eigenvalue weighted by Crippen LogP contribution is -1.97. The van der Waals surface area contributed by atoms with Gasteiger partial charge < -0.3 is 10.5 Å². The molecule has 0 spiro atoms. The molecule has 0 amide bonds. The van der Waals surface area contributed by atoms with Gasteiger partial charge in [0.25, 0.3) is 0 Å². The molecule has 88 valence electrons. The third kappa shape index (κ3) is 3.11. The van der Waals surface area contributed by atoms with E-state index < -0.39 is 0 Å². The van der Waals surface area contributed by atoms with Gasteiger partial charge >= 0.3 is 0 Å². The minimum absolute atomic E-state index is 0.321. The molecule has 2 nitrogen and oxygen atoms in total. The summed E-state index contributed by atoms with van der Waals surface area (Å²) in [5, 5.41) is 0.513. The fourth-order valence-electron chi connectivity index (χ4n) is 1.41. The molecule has 0 aliphatic rings. The Hall–Kier alpha value is -1.74. The monoisotopic (exact) mass is 251 g/mol. The fourth-order valence-corrected chi connectivity index (χ4v) is 1.52. The molecule has 0 unspecified atom stereocenters. The number of benzene rings is 2. The number of hydrogen-bond donors (Lipinski definition) is 1. The first kappa shape index (κ1) is 11.7. The van der Waals surface area contributed by atoms with Gasteiger partial charge in [0.05, 0.1) is 10.7 Å². The number of anilines is 1. The molecule has 2 aromatic rings. The predicted molar refractivity (Wildman–Crippen MR) is 66.6 cm³/mol. The number of halogens is 2. The van der Waals surface area contributed by atoms with E-state index in [1.54, 1.807) is 24.3 Å². The van der Waals surface area contributed by atoms with Gasteiger partial charge in [0, 0.05) is 6.07 Å². The highest BCUT2D eigenvalue weighted by molar-refractivity contribution is 6.33. The van der Waals surface area contributed by atoms with Gasteiger partial charge in [-0.3, -0.25) is 0 Å². The minimum Gasteiger partial charge on any atom is -0.489 e. The first-order valence-electron chi connectivity index (χ1n) is 5.07. The molecule has 0 aliphatic carbocycles. The van der Waals surface area contributed by atoms with E-state index in [-0.39, 0.29) is 5.82 Å². The second kappa shape index (κ2) is 5.06. The van der Waals surface area contributed by atoms with E-state index >= 15 is 0 Å². The summed E-state index contributed by atoms with van der Waals surface area (Å²) in [6.45, 7) is 0.324. The molecule has 0 saturated carbocycles. The quantitative estimate of drug-likeness (QED) is 0.846. The van der Waals surface area contributed by atoms with Crippen LogP contribution in [0.1, 0.15) is 5.56 Å². The molecule has 2 rings (SSSR count). The topological polar surface area (TPSA) is 35.2 Å². The van der Waals surface area contributed by atoms with Crippen molar-refractivity contribution in [3.63, 3.8) is 0 Å². The van der Waals surface area contributed by atoms with E-state index in [1.807, 2.05) is 6.07 Å². The van der Waals surface area contributed by atoms with Crippen LogP contribution in [0, 0.1) is 5.82 Å². The normalized spacial score (nSPS) is 10.2. The van der Waals surface area contributed by atoms with Crippen LogP contribution in [0.3, 0.4) is 0 Å². The second-order valence-electron chi connectivity index (χ2n) is 3.60. The van der Waals surface area contributed by atoms with Crippen molar-refractivity contribution in [3.05, 3.63) is 58.9 Å². The van der Waals surface area contributed by atoms with Crippen LogP contribution in [-0.2, 0) is 6.61 Å². The summed E-state index contributed by atoms with van der Waals surface area (Å²) in [5.41, 5.74) is 7.06. The van der Waals surface area contributed by atoms with Crippen LogP contribution in [0.25, 0.3) is 0 Å². The number of hydrogen-bond acceptors (Lipinski definition) is 2. The number of nitrogens with two attached hydrogens (primary N) is 1. The zero-order valence-electron chi connectivity index (χ0n) is 8.99. The molecule has 0 bridgehead atoms. The SMILES string of the molecule is Nc1cc(COc2cccc(F)c2)ccc1Cl. The van der Waals surface area contributed by atoms with Gasteiger partial charge in [-0.25, -0.2) is 4.39 Å². The molecule has 0 heterocycles. The zero-order chi connectivity index (χ0) is 12.3. The minimum atomic E-state index is -0.321. The molecule has 0 fully saturated rings. The maximum atomic E-state index is 12.9. The van der Waals surface area contributed by atoms with E-state index in [1.165, 1.54) is 12.1 Å². The van der Waals surface area contributed by atoms with Gasteiger partial charge in [-0.2, -0.15) is 0 Å². The van der Waals surface area contributed by atoms with Crippen molar-refractivity contribution in [3.8, 4) is 5.75 Å². The third-order valence-electron chi connectivity index (χ3n) is 2.26. The van der Waals surface area contributed by atoms with Crippen LogP contribution in [0.15, 0.2) is 42.5 Å². The molecule has 17 heavy (non-hydrogen) atoms. The van der Waals surface area contributed by atoms with Gasteiger partial charge in [0.15, 0.2) is 0 Å². The van der Waals surface area contributed by atoms with Gasteiger partial charge in [-0.15, -0.1) is 0 Å². The van der Waals surface area contributed by atoms with Crippen LogP contribution in [-0.4, -0.2) is 0 Å². The summed E-state index contributed by atoms with van der Waals surface area (Å²) in [6, 6.07) is 11.3. The molecule has 0 atom stereocenters. The second-order valence-corrected chi connectivity index (χ2v) is 4.01. The Morgan fingerprint density at radius 1 is 1.18 bits per heavy atom. The molecule has 0 aliphatic heterocycles. The van der Waals surface area contributed by atoms with Gasteiger partial charge in [0.1, 0.15) is 18.2 Å². The van der Waals surface area contributed by atoms with Crippen LogP contribution in [0.4, 0.5) is 10.1 Å². The molecular formula is C13H11ClFNO. The van der Waals surface area contributed by atoms with Crippen molar-refractivity contribution in [2.75, 3.05) is 5.73 Å². The summed E-state index contributed by atoms with van der Waals surface area (Å²) in [4.78, 5) is 0. The first-order valence-corrected chi connectivity index (χ1v) is 5.45. The van der Waals surface area contributed by atoms with E-state index in [2.05, 4.69) is 0 Å². The average Bonchev–Trinajstić information content (AvgIpc) is 2.31.